The summed E-state index contributed by atoms with van der Waals surface area (Å²) in [6.07, 6.45) is 6.15. The van der Waals surface area contributed by atoms with Gasteiger partial charge in [0.15, 0.2) is 6.21 Å². The van der Waals surface area contributed by atoms with E-state index >= 15 is 0 Å². The van der Waals surface area contributed by atoms with E-state index < -0.39 is 0 Å². The molecule has 134 valence electrons. The van der Waals surface area contributed by atoms with Crippen molar-refractivity contribution in [1.82, 2.24) is 15.2 Å². The van der Waals surface area contributed by atoms with Crippen molar-refractivity contribution in [1.29, 1.82) is 0 Å². The molecule has 0 aliphatic heterocycles. The molecule has 1 aliphatic carbocycles. The summed E-state index contributed by atoms with van der Waals surface area (Å²) >= 11 is 0. The standard InChI is InChI=1S/C21H20N6/c22-9-12-7-11(1-4-17(12)24)21-15-8-13(23)2-3-14(15)20-16-10-25-27-18(16)5-6-19(20)26-21/h1,4-7,9-10,13,22H,2-3,8,23-24H2,(H,25,27)/p+1. The van der Waals surface area contributed by atoms with Crippen molar-refractivity contribution in [2.24, 2.45) is 5.73 Å². The summed E-state index contributed by atoms with van der Waals surface area (Å²) in [5, 5.41) is 15.3. The Morgan fingerprint density at radius 1 is 1.19 bits per heavy atom. The van der Waals surface area contributed by atoms with Crippen LogP contribution in [0.1, 0.15) is 23.1 Å². The van der Waals surface area contributed by atoms with E-state index in [9.17, 15) is 0 Å². The van der Waals surface area contributed by atoms with Crippen LogP contribution in [0.15, 0.2) is 36.5 Å². The number of H-pyrrole nitrogens is 1. The molecule has 2 aromatic heterocycles. The van der Waals surface area contributed by atoms with Gasteiger partial charge in [-0.2, -0.15) is 5.10 Å². The zero-order valence-electron chi connectivity index (χ0n) is 14.9. The zero-order valence-corrected chi connectivity index (χ0v) is 14.9. The van der Waals surface area contributed by atoms with Crippen molar-refractivity contribution in [2.75, 3.05) is 5.73 Å². The quantitative estimate of drug-likeness (QED) is 0.320. The third kappa shape index (κ3) is 2.41. The highest BCUT2D eigenvalue weighted by Gasteiger charge is 2.24. The molecular weight excluding hydrogens is 336 g/mol. The molecule has 0 radical (unpaired) electrons. The maximum atomic E-state index is 6.32. The number of rotatable bonds is 2. The second kappa shape index (κ2) is 5.89. The number of fused-ring (bicyclic) bond motifs is 5. The van der Waals surface area contributed by atoms with Gasteiger partial charge in [0, 0.05) is 28.1 Å². The van der Waals surface area contributed by atoms with Gasteiger partial charge in [0.1, 0.15) is 0 Å². The van der Waals surface area contributed by atoms with Gasteiger partial charge in [-0.1, -0.05) is 6.07 Å². The van der Waals surface area contributed by atoms with Gasteiger partial charge in [-0.05, 0) is 54.7 Å². The molecule has 0 bridgehead atoms. The topological polar surface area (TPSA) is 119 Å². The van der Waals surface area contributed by atoms with Crippen LogP contribution < -0.4 is 16.9 Å². The van der Waals surface area contributed by atoms with Gasteiger partial charge in [0.25, 0.3) is 0 Å². The van der Waals surface area contributed by atoms with E-state index in [0.29, 0.717) is 5.69 Å². The summed E-state index contributed by atoms with van der Waals surface area (Å²) in [5.74, 6) is 0. The van der Waals surface area contributed by atoms with Crippen LogP contribution in [0.5, 0.6) is 0 Å². The maximum Gasteiger partial charge on any atom is 0.169 e. The second-order valence-electron chi connectivity index (χ2n) is 7.22. The highest BCUT2D eigenvalue weighted by molar-refractivity contribution is 6.07. The van der Waals surface area contributed by atoms with Gasteiger partial charge in [0.2, 0.25) is 0 Å². The first-order valence-corrected chi connectivity index (χ1v) is 9.13. The van der Waals surface area contributed by atoms with E-state index in [4.69, 9.17) is 21.9 Å². The van der Waals surface area contributed by atoms with Crippen LogP contribution >= 0.6 is 0 Å². The number of nitrogen functional groups attached to an aromatic ring is 1. The number of hydrogen-bond donors (Lipinski definition) is 4. The van der Waals surface area contributed by atoms with Gasteiger partial charge in [-0.15, -0.1) is 0 Å². The molecule has 2 aromatic carbocycles. The van der Waals surface area contributed by atoms with Gasteiger partial charge in [-0.3, -0.25) is 10.5 Å². The number of aromatic amines is 1. The molecule has 7 N–H and O–H groups in total. The Kier molecular flexibility index (Phi) is 3.48. The molecule has 0 saturated carbocycles. The van der Waals surface area contributed by atoms with Gasteiger partial charge >= 0.3 is 0 Å². The van der Waals surface area contributed by atoms with E-state index in [0.717, 1.165) is 52.5 Å². The van der Waals surface area contributed by atoms with Crippen LogP contribution in [0.4, 0.5) is 5.69 Å². The van der Waals surface area contributed by atoms with Crippen molar-refractivity contribution in [3.63, 3.8) is 0 Å². The Bertz CT molecular complexity index is 1210. The molecule has 0 amide bonds. The molecule has 1 aliphatic rings. The SMILES string of the molecule is Nc1ccc(-c2nc3ccc4[nH]ncc4c3c3c2CC(N)CC3)cc1C=[NH2+]. The first-order chi connectivity index (χ1) is 13.2. The number of hydrogen-bond acceptors (Lipinski definition) is 4. The molecule has 6 nitrogen and oxygen atoms in total. The van der Waals surface area contributed by atoms with Crippen LogP contribution in [-0.2, 0) is 12.8 Å². The normalized spacial score (nSPS) is 16.6. The fourth-order valence-corrected chi connectivity index (χ4v) is 4.19. The number of aryl methyl sites for hydroxylation is 1. The summed E-state index contributed by atoms with van der Waals surface area (Å²) in [7, 11) is 0. The third-order valence-electron chi connectivity index (χ3n) is 5.56. The molecule has 6 heteroatoms. The van der Waals surface area contributed by atoms with E-state index in [1.807, 2.05) is 30.5 Å². The van der Waals surface area contributed by atoms with E-state index in [-0.39, 0.29) is 6.04 Å². The van der Waals surface area contributed by atoms with Crippen LogP contribution in [0.3, 0.4) is 0 Å². The van der Waals surface area contributed by atoms with E-state index in [2.05, 4.69) is 16.3 Å². The Balaban J connectivity index is 1.86. The molecule has 4 aromatic rings. The van der Waals surface area contributed by atoms with Crippen LogP contribution in [-0.4, -0.2) is 27.4 Å². The molecule has 1 unspecified atom stereocenters. The Hall–Kier alpha value is -3.25. The number of nitrogens with two attached hydrogens (primary N) is 3. The first-order valence-electron chi connectivity index (χ1n) is 9.13. The van der Waals surface area contributed by atoms with Crippen molar-refractivity contribution >= 4 is 33.7 Å². The van der Waals surface area contributed by atoms with Gasteiger partial charge in [0.05, 0.1) is 28.5 Å². The monoisotopic (exact) mass is 357 g/mol. The molecular formula is C21H21N6+. The predicted octanol–water partition coefficient (Wildman–Crippen LogP) is 1.35. The predicted molar refractivity (Wildman–Crippen MR) is 108 cm³/mol. The lowest BCUT2D eigenvalue weighted by Crippen LogP contribution is -2.30. The van der Waals surface area contributed by atoms with E-state index in [1.165, 1.54) is 22.7 Å². The highest BCUT2D eigenvalue weighted by Crippen LogP contribution is 2.38. The van der Waals surface area contributed by atoms with Gasteiger partial charge < -0.3 is 11.5 Å². The number of nitrogens with one attached hydrogen (secondary N) is 1. The molecule has 0 fully saturated rings. The molecule has 2 heterocycles. The fraction of sp³-hybridized carbons (Fsp3) is 0.190. The molecule has 27 heavy (non-hydrogen) atoms. The number of anilines is 1. The number of aromatic nitrogens is 3. The molecule has 5 rings (SSSR count). The van der Waals surface area contributed by atoms with Gasteiger partial charge in [-0.25, -0.2) is 4.98 Å². The van der Waals surface area contributed by atoms with Crippen molar-refractivity contribution < 1.29 is 5.41 Å². The molecule has 0 saturated heterocycles. The Morgan fingerprint density at radius 2 is 2.07 bits per heavy atom. The Labute approximate surface area is 156 Å². The average molecular weight is 357 g/mol. The lowest BCUT2D eigenvalue weighted by atomic mass is 9.83. The summed E-state index contributed by atoms with van der Waals surface area (Å²) in [6.45, 7) is 0. The number of benzene rings is 2. The smallest absolute Gasteiger partial charge is 0.169 e. The Morgan fingerprint density at radius 3 is 2.93 bits per heavy atom. The molecule has 0 spiro atoms. The van der Waals surface area contributed by atoms with Crippen molar-refractivity contribution in [2.45, 2.75) is 25.3 Å². The van der Waals surface area contributed by atoms with Crippen molar-refractivity contribution in [3.8, 4) is 11.3 Å². The summed E-state index contributed by atoms with van der Waals surface area (Å²) in [4.78, 5) is 5.04. The summed E-state index contributed by atoms with van der Waals surface area (Å²) in [5.41, 5.74) is 20.4. The average Bonchev–Trinajstić information content (AvgIpc) is 3.16. The van der Waals surface area contributed by atoms with Crippen LogP contribution in [0.2, 0.25) is 0 Å². The highest BCUT2D eigenvalue weighted by atomic mass is 15.1. The minimum Gasteiger partial charge on any atom is -0.398 e. The number of nitrogens with zero attached hydrogens (tertiary/aromatic N) is 2. The first kappa shape index (κ1) is 16.0. The molecule has 1 atom stereocenters. The third-order valence-corrected chi connectivity index (χ3v) is 5.56. The second-order valence-corrected chi connectivity index (χ2v) is 7.22. The van der Waals surface area contributed by atoms with Crippen LogP contribution in [0, 0.1) is 0 Å². The summed E-state index contributed by atoms with van der Waals surface area (Å²) < 4.78 is 0. The lowest BCUT2D eigenvalue weighted by Gasteiger charge is -2.25. The van der Waals surface area contributed by atoms with Crippen LogP contribution in [0.25, 0.3) is 33.1 Å². The summed E-state index contributed by atoms with van der Waals surface area (Å²) in [6, 6.07) is 10.1. The maximum absolute atomic E-state index is 6.32. The lowest BCUT2D eigenvalue weighted by molar-refractivity contribution is -0.104. The van der Waals surface area contributed by atoms with E-state index in [1.54, 1.807) is 0 Å². The zero-order chi connectivity index (χ0) is 18.5. The number of pyridine rings is 1. The fourth-order valence-electron chi connectivity index (χ4n) is 4.19. The minimum absolute atomic E-state index is 0.147. The largest absolute Gasteiger partial charge is 0.398 e. The van der Waals surface area contributed by atoms with Crippen molar-refractivity contribution in [3.05, 3.63) is 53.2 Å². The minimum atomic E-state index is 0.147.